The van der Waals surface area contributed by atoms with E-state index in [4.69, 9.17) is 4.74 Å². The minimum absolute atomic E-state index is 0.0111. The van der Waals surface area contributed by atoms with Gasteiger partial charge in [0.05, 0.1) is 24.6 Å². The van der Waals surface area contributed by atoms with Gasteiger partial charge in [-0.05, 0) is 55.6 Å². The first-order chi connectivity index (χ1) is 15.2. The van der Waals surface area contributed by atoms with Crippen LogP contribution in [0.2, 0.25) is 0 Å². The molecule has 1 unspecified atom stereocenters. The van der Waals surface area contributed by atoms with Gasteiger partial charge in [0.25, 0.3) is 0 Å². The number of amides is 1. The van der Waals surface area contributed by atoms with Crippen LogP contribution in [0, 0.1) is 0 Å². The van der Waals surface area contributed by atoms with Gasteiger partial charge in [-0.15, -0.1) is 11.3 Å². The Bertz CT molecular complexity index is 1190. The van der Waals surface area contributed by atoms with Gasteiger partial charge in [-0.25, -0.2) is 25.9 Å². The maximum Gasteiger partial charge on any atom is 0.244 e. The smallest absolute Gasteiger partial charge is 0.244 e. The molecular formula is C20H25N3O6S3. The van der Waals surface area contributed by atoms with Gasteiger partial charge < -0.3 is 4.74 Å². The van der Waals surface area contributed by atoms with Crippen LogP contribution in [-0.4, -0.2) is 60.1 Å². The van der Waals surface area contributed by atoms with Crippen LogP contribution in [0.3, 0.4) is 0 Å². The Morgan fingerprint density at radius 1 is 1.22 bits per heavy atom. The average molecular weight is 500 g/mol. The van der Waals surface area contributed by atoms with Crippen molar-refractivity contribution in [3.05, 3.63) is 40.6 Å². The fourth-order valence-corrected chi connectivity index (χ4v) is 7.62. The van der Waals surface area contributed by atoms with Crippen molar-refractivity contribution >= 4 is 43.0 Å². The largest absolute Gasteiger partial charge is 0.495 e. The zero-order valence-corrected chi connectivity index (χ0v) is 20.0. The number of rotatable bonds is 8. The number of sulfonamides is 2. The molecule has 0 bridgehead atoms. The molecule has 0 aliphatic carbocycles. The lowest BCUT2D eigenvalue weighted by molar-refractivity contribution is -0.116. The fourth-order valence-electron chi connectivity index (χ4n) is 4.08. The summed E-state index contributed by atoms with van der Waals surface area (Å²) in [6.45, 7) is 1.97. The van der Waals surface area contributed by atoms with Crippen molar-refractivity contribution in [1.82, 2.24) is 9.62 Å². The zero-order valence-electron chi connectivity index (χ0n) is 17.6. The van der Waals surface area contributed by atoms with Gasteiger partial charge in [-0.1, -0.05) is 6.07 Å². The molecule has 2 aliphatic heterocycles. The quantitative estimate of drug-likeness (QED) is 0.591. The molecule has 2 saturated heterocycles. The van der Waals surface area contributed by atoms with Gasteiger partial charge in [0, 0.05) is 17.8 Å². The van der Waals surface area contributed by atoms with Gasteiger partial charge in [-0.3, -0.25) is 9.69 Å². The number of hydrogen-bond donors (Lipinski definition) is 1. The van der Waals surface area contributed by atoms with E-state index in [1.807, 2.05) is 17.5 Å². The first kappa shape index (κ1) is 23.2. The molecule has 32 heavy (non-hydrogen) atoms. The number of nitrogens with one attached hydrogen (secondary N) is 1. The second kappa shape index (κ2) is 9.10. The molecule has 1 aromatic carbocycles. The lowest BCUT2D eigenvalue weighted by Crippen LogP contribution is -2.36. The highest BCUT2D eigenvalue weighted by molar-refractivity contribution is 7.94. The third-order valence-corrected chi connectivity index (χ3v) is 9.78. The van der Waals surface area contributed by atoms with Crippen LogP contribution in [0.1, 0.15) is 30.2 Å². The number of hydrogen-bond acceptors (Lipinski definition) is 8. The van der Waals surface area contributed by atoms with Crippen LogP contribution in [0.4, 0.5) is 5.69 Å². The predicted octanol–water partition coefficient (Wildman–Crippen LogP) is 1.94. The molecular weight excluding hydrogens is 474 g/mol. The van der Waals surface area contributed by atoms with E-state index >= 15 is 0 Å². The van der Waals surface area contributed by atoms with Crippen molar-refractivity contribution in [2.24, 2.45) is 0 Å². The van der Waals surface area contributed by atoms with Gasteiger partial charge in [0.15, 0.2) is 0 Å². The molecule has 174 valence electrons. The number of methoxy groups -OCH3 is 1. The van der Waals surface area contributed by atoms with Crippen molar-refractivity contribution < 1.29 is 26.4 Å². The first-order valence-electron chi connectivity index (χ1n) is 10.2. The van der Waals surface area contributed by atoms with Crippen LogP contribution in [-0.2, 0) is 24.8 Å². The second-order valence-corrected chi connectivity index (χ2v) is 12.3. The van der Waals surface area contributed by atoms with Gasteiger partial charge in [-0.2, -0.15) is 0 Å². The molecule has 1 N–H and O–H groups in total. The molecule has 1 amide bonds. The summed E-state index contributed by atoms with van der Waals surface area (Å²) in [6.07, 6.45) is 2.01. The Balaban J connectivity index is 1.63. The third-order valence-electron chi connectivity index (χ3n) is 5.67. The first-order valence-corrected chi connectivity index (χ1v) is 14.2. The molecule has 0 saturated carbocycles. The lowest BCUT2D eigenvalue weighted by Gasteiger charge is -2.27. The number of thiophene rings is 1. The summed E-state index contributed by atoms with van der Waals surface area (Å²) >= 11 is 1.58. The van der Waals surface area contributed by atoms with E-state index in [0.29, 0.717) is 4.31 Å². The lowest BCUT2D eigenvalue weighted by atomic mass is 10.2. The Kier molecular flexibility index (Phi) is 6.59. The maximum atomic E-state index is 13.3. The van der Waals surface area contributed by atoms with Crippen LogP contribution in [0.5, 0.6) is 5.75 Å². The monoisotopic (exact) mass is 499 g/mol. The molecule has 1 aromatic heterocycles. The topological polar surface area (TPSA) is 113 Å². The van der Waals surface area contributed by atoms with E-state index in [0.717, 1.165) is 30.8 Å². The number of carbonyl (C=O) groups is 1. The normalized spacial score (nSPS) is 20.0. The number of nitrogens with zero attached hydrogens (tertiary/aromatic N) is 2. The highest BCUT2D eigenvalue weighted by Gasteiger charge is 2.37. The summed E-state index contributed by atoms with van der Waals surface area (Å²) in [5, 5.41) is 1.97. The molecule has 4 rings (SSSR count). The highest BCUT2D eigenvalue weighted by atomic mass is 32.2. The van der Waals surface area contributed by atoms with Crippen molar-refractivity contribution in [2.45, 2.75) is 30.2 Å². The summed E-state index contributed by atoms with van der Waals surface area (Å²) in [7, 11) is -6.53. The Morgan fingerprint density at radius 3 is 2.56 bits per heavy atom. The molecule has 3 heterocycles. The van der Waals surface area contributed by atoms with Crippen molar-refractivity contribution in [1.29, 1.82) is 0 Å². The number of likely N-dealkylation sites (tertiary alicyclic amines) is 1. The van der Waals surface area contributed by atoms with Gasteiger partial charge in [0.2, 0.25) is 26.0 Å². The Hall–Kier alpha value is -1.99. The van der Waals surface area contributed by atoms with E-state index in [1.54, 1.807) is 11.3 Å². The molecule has 0 radical (unpaired) electrons. The van der Waals surface area contributed by atoms with Crippen LogP contribution in [0.15, 0.2) is 40.6 Å². The van der Waals surface area contributed by atoms with E-state index in [2.05, 4.69) is 9.62 Å². The summed E-state index contributed by atoms with van der Waals surface area (Å²) < 4.78 is 59.6. The number of ether oxygens (including phenoxy) is 1. The van der Waals surface area contributed by atoms with Crippen molar-refractivity contribution in [3.63, 3.8) is 0 Å². The van der Waals surface area contributed by atoms with Crippen LogP contribution in [0.25, 0.3) is 0 Å². The molecule has 2 fully saturated rings. The second-order valence-electron chi connectivity index (χ2n) is 7.69. The number of anilines is 1. The maximum absolute atomic E-state index is 13.3. The fraction of sp³-hybridized carbons (Fsp3) is 0.450. The minimum Gasteiger partial charge on any atom is -0.495 e. The Labute approximate surface area is 192 Å². The van der Waals surface area contributed by atoms with Crippen LogP contribution >= 0.6 is 11.3 Å². The molecule has 9 nitrogen and oxygen atoms in total. The van der Waals surface area contributed by atoms with E-state index < -0.39 is 26.0 Å². The van der Waals surface area contributed by atoms with Crippen molar-refractivity contribution in [2.75, 3.05) is 36.8 Å². The number of benzene rings is 1. The van der Waals surface area contributed by atoms with Gasteiger partial charge in [0.1, 0.15) is 10.6 Å². The minimum atomic E-state index is -4.06. The zero-order chi connectivity index (χ0) is 22.9. The predicted molar refractivity (Wildman–Crippen MR) is 122 cm³/mol. The third kappa shape index (κ3) is 4.55. The van der Waals surface area contributed by atoms with E-state index in [9.17, 15) is 21.6 Å². The molecule has 2 aromatic rings. The SMILES string of the molecule is COc1ccc(N2C(=O)CCS2(=O)=O)cc1S(=O)(=O)NCC(c1cccs1)N1CCCC1. The standard InChI is InChI=1S/C20H25N3O6S3/c1-29-17-7-6-15(23-20(24)8-12-31(23,25)26)13-19(17)32(27,28)21-14-16(18-5-4-11-30-18)22-9-2-3-10-22/h4-7,11,13,16,21H,2-3,8-10,12,14H2,1H3. The molecule has 2 aliphatic rings. The van der Waals surface area contributed by atoms with Gasteiger partial charge >= 0.3 is 0 Å². The highest BCUT2D eigenvalue weighted by Crippen LogP contribution is 2.33. The molecule has 0 spiro atoms. The summed E-state index contributed by atoms with van der Waals surface area (Å²) in [6, 6.07) is 7.75. The summed E-state index contributed by atoms with van der Waals surface area (Å²) in [5.74, 6) is -0.811. The van der Waals surface area contributed by atoms with Crippen LogP contribution < -0.4 is 13.8 Å². The molecule has 12 heteroatoms. The number of carbonyl (C=O) groups excluding carboxylic acids is 1. The summed E-state index contributed by atoms with van der Waals surface area (Å²) in [4.78, 5) is 15.3. The summed E-state index contributed by atoms with van der Waals surface area (Å²) in [5.41, 5.74) is -0.0111. The van der Waals surface area contributed by atoms with E-state index in [1.165, 1.54) is 25.3 Å². The molecule has 1 atom stereocenters. The average Bonchev–Trinajstić information content (AvgIpc) is 3.51. The van der Waals surface area contributed by atoms with Crippen molar-refractivity contribution in [3.8, 4) is 5.75 Å². The Morgan fingerprint density at radius 2 is 1.97 bits per heavy atom. The van der Waals surface area contributed by atoms with E-state index in [-0.39, 0.29) is 41.1 Å².